The standard InChI is InChI=1S/C35H24BN3.C18H12BBrN2.C18H14BBrN2.C18H13BN2.C17H12BrN.C12H10BBrO2.C6H8N2/c1-3-13-25(14-4-1)27-23-31(26-15-5-2-6-16-26)37-35(24-27)39-34-22-12-11-21-33(34)38-32-20-10-8-18-29(32)28-17-7-9-19-30(28)36(38)39;20-14-8-5-11-17-18(14)12-6-1-2-7-13(12)19-21-15-9-3-4-10-16(15)22(17)19;20-16-10-4-2-8-14(16)13-7-1-3-9-15(13)19-21-17-11-5-6-12-18(17)22-19;1-3-9-15-13(7-1)14-8-2-5-11-17(14)21-18-12-6-4-10-16(18)20-19(15)21;18-17-12-15(13-7-3-1-4-8-13)11-16(19-17)14-9-5-2-6-10-14;14-12-8-4-2-6-10(12)9-5-1-3-7-11(9)13(15)16;7-5-3-1-2-4-6(5)8/h1-24H;1-11,21H;1-12,21-22H;1-12,20H;1-12H;1-8,15-16H;1-4H,7-8H2. The zero-order valence-corrected chi connectivity index (χ0v) is 85.9. The van der Waals surface area contributed by atoms with Gasteiger partial charge in [-0.2, -0.15) is 0 Å². The molecule has 9 heterocycles. The highest BCUT2D eigenvalue weighted by atomic mass is 79.9. The highest BCUT2D eigenvalue weighted by molar-refractivity contribution is 9.11. The second kappa shape index (κ2) is 43.3. The summed E-state index contributed by atoms with van der Waals surface area (Å²) in [6, 6.07) is 173. The normalized spacial score (nSPS) is 12.3. The summed E-state index contributed by atoms with van der Waals surface area (Å²) < 4.78 is 4.04. The van der Waals surface area contributed by atoms with E-state index in [0.717, 1.165) is 80.1 Å². The monoisotopic (exact) mass is 2150 g/mol. The lowest BCUT2D eigenvalue weighted by molar-refractivity contribution is 0.426. The molecule has 0 bridgehead atoms. The number of fused-ring (bicyclic) bond motifs is 25. The predicted octanol–water partition coefficient (Wildman–Crippen LogP) is 28.3. The first-order valence-corrected chi connectivity index (χ1v) is 51.9. The Balaban J connectivity index is 0.000000101. The third kappa shape index (κ3) is 19.7. The van der Waals surface area contributed by atoms with Crippen LogP contribution in [-0.4, -0.2) is 55.1 Å². The second-order valence-electron chi connectivity index (χ2n) is 35.9. The lowest BCUT2D eigenvalue weighted by atomic mass is 9.59. The van der Waals surface area contributed by atoms with Crippen molar-refractivity contribution in [2.24, 2.45) is 0 Å². The molecule has 0 spiro atoms. The van der Waals surface area contributed by atoms with E-state index >= 15 is 0 Å². The number of nitrogens with zero attached hydrogens (tertiary/aromatic N) is 6. The van der Waals surface area contributed by atoms with E-state index in [9.17, 15) is 10.0 Å². The first kappa shape index (κ1) is 95.5. The fourth-order valence-electron chi connectivity index (χ4n) is 20.4. The number of rotatable bonds is 9. The fourth-order valence-corrected chi connectivity index (χ4v) is 22.4. The van der Waals surface area contributed by atoms with Crippen molar-refractivity contribution < 1.29 is 10.0 Å². The summed E-state index contributed by atoms with van der Waals surface area (Å²) in [4.78, 5) is 19.6. The van der Waals surface area contributed by atoms with E-state index in [1.807, 2.05) is 97.1 Å². The number of benzene rings is 19. The van der Waals surface area contributed by atoms with Crippen LogP contribution in [0.3, 0.4) is 0 Å². The number of para-hydroxylation sites is 12. The van der Waals surface area contributed by atoms with E-state index in [4.69, 9.17) is 16.5 Å². The molecule has 7 aliphatic heterocycles. The van der Waals surface area contributed by atoms with Gasteiger partial charge in [-0.1, -0.05) is 430 Å². The van der Waals surface area contributed by atoms with Crippen molar-refractivity contribution in [1.82, 2.24) is 9.97 Å². The maximum absolute atomic E-state index is 9.30. The van der Waals surface area contributed by atoms with Gasteiger partial charge < -0.3 is 61.7 Å². The molecule has 147 heavy (non-hydrogen) atoms. The Morgan fingerprint density at radius 2 is 0.578 bits per heavy atom. The van der Waals surface area contributed by atoms with Crippen molar-refractivity contribution in [2.75, 3.05) is 51.6 Å². The predicted molar refractivity (Wildman–Crippen MR) is 636 cm³/mol. The summed E-state index contributed by atoms with van der Waals surface area (Å²) in [6.07, 6.45) is 0. The van der Waals surface area contributed by atoms with Crippen LogP contribution in [0.4, 0.5) is 79.8 Å². The Morgan fingerprint density at radius 1 is 0.238 bits per heavy atom. The van der Waals surface area contributed by atoms with Crippen molar-refractivity contribution in [3.05, 3.63) is 522 Å². The van der Waals surface area contributed by atoms with Gasteiger partial charge in [-0.05, 0) is 226 Å². The molecular weight excluding hydrogens is 2060 g/mol. The van der Waals surface area contributed by atoms with E-state index in [-0.39, 0.29) is 27.9 Å². The summed E-state index contributed by atoms with van der Waals surface area (Å²) in [7, 11) is -1.46. The maximum atomic E-state index is 9.30. The Hall–Kier alpha value is -16.4. The largest absolute Gasteiger partial charge is 0.489 e. The maximum Gasteiger partial charge on any atom is 0.489 e. The molecule has 10 N–H and O–H groups in total. The molecule has 0 amide bonds. The lowest BCUT2D eigenvalue weighted by Crippen LogP contribution is -2.55. The summed E-state index contributed by atoms with van der Waals surface area (Å²) in [5.74, 6) is 0.935. The highest BCUT2D eigenvalue weighted by Crippen LogP contribution is 2.53. The SMILES string of the molecule is Brc1cc(-c2ccccc2)cc(-c2ccccc2)n1.Brc1cccc2c1-c1ccccc1B1Nc3ccccc3N12.Brc1ccccc1-c1ccccc1B1Nc2ccccc2N1.Nc1ccccc1N.OB(O)c1ccccc1-c1ccccc1Br.c1ccc(-c2cc(-c3ccccc3)nc(N3B4c5ccccc5-c5ccccc5N4c4ccccc43)c2)cc1.c1ccc2c(c1)NB1c3ccccc3-c3ccccc3N12. The molecule has 14 nitrogen and oxygen atoms in total. The van der Waals surface area contributed by atoms with Crippen molar-refractivity contribution in [3.63, 3.8) is 0 Å². The van der Waals surface area contributed by atoms with Gasteiger partial charge in [0.05, 0.1) is 45.5 Å². The first-order valence-electron chi connectivity index (χ1n) is 48.7. The van der Waals surface area contributed by atoms with Crippen molar-refractivity contribution >= 4 is 206 Å². The molecule has 704 valence electrons. The molecule has 0 radical (unpaired) electrons. The molecule has 0 aliphatic carbocycles. The minimum atomic E-state index is -1.46. The van der Waals surface area contributed by atoms with Crippen molar-refractivity contribution in [1.29, 1.82) is 0 Å². The van der Waals surface area contributed by atoms with E-state index in [2.05, 4.69) is 491 Å². The van der Waals surface area contributed by atoms with Crippen LogP contribution in [0.1, 0.15) is 0 Å². The van der Waals surface area contributed by atoms with Gasteiger partial charge in [-0.15, -0.1) is 0 Å². The Kier molecular flexibility index (Phi) is 28.1. The third-order valence-electron chi connectivity index (χ3n) is 27.1. The van der Waals surface area contributed by atoms with Gasteiger partial charge >= 0.3 is 35.0 Å². The number of nitrogen functional groups attached to an aromatic ring is 2. The molecule has 0 saturated carbocycles. The smallest absolute Gasteiger partial charge is 0.423 e. The second-order valence-corrected chi connectivity index (χ2v) is 39.3. The van der Waals surface area contributed by atoms with Gasteiger partial charge in [0.1, 0.15) is 10.4 Å². The van der Waals surface area contributed by atoms with E-state index in [1.165, 1.54) is 129 Å². The van der Waals surface area contributed by atoms with Gasteiger partial charge in [0.25, 0.3) is 0 Å². The lowest BCUT2D eigenvalue weighted by Gasteiger charge is -2.36. The Bertz CT molecular complexity index is 8190. The molecular formula is C124H93B5Br4N12O2. The zero-order valence-electron chi connectivity index (χ0n) is 79.6. The van der Waals surface area contributed by atoms with Crippen molar-refractivity contribution in [3.8, 4) is 100 Å². The molecule has 0 fully saturated rings. The highest BCUT2D eigenvalue weighted by Gasteiger charge is 2.49. The van der Waals surface area contributed by atoms with Crippen LogP contribution in [-0.2, 0) is 0 Å². The fraction of sp³-hybridized carbons (Fsp3) is 0. The molecule has 2 aromatic heterocycles. The molecule has 28 rings (SSSR count). The molecule has 19 aromatic carbocycles. The molecule has 0 atom stereocenters. The Morgan fingerprint density at radius 3 is 1.09 bits per heavy atom. The molecule has 0 unspecified atom stereocenters. The minimum Gasteiger partial charge on any atom is -0.423 e. The number of halogens is 4. The van der Waals surface area contributed by atoms with Gasteiger partial charge in [-0.25, -0.2) is 9.97 Å². The molecule has 21 aromatic rings. The van der Waals surface area contributed by atoms with E-state index < -0.39 is 7.12 Å². The average molecular weight is 2160 g/mol. The summed E-state index contributed by atoms with van der Waals surface area (Å²) in [5, 5.41) is 33.0. The number of nitrogens with one attached hydrogen (secondary N) is 4. The molecule has 0 saturated heterocycles. The number of hydrogen-bond acceptors (Lipinski definition) is 14. The summed E-state index contributed by atoms with van der Waals surface area (Å²) in [5.41, 5.74) is 51.9. The topological polar surface area (TPSA) is 179 Å². The van der Waals surface area contributed by atoms with Crippen molar-refractivity contribution in [2.45, 2.75) is 0 Å². The van der Waals surface area contributed by atoms with Crippen LogP contribution in [0.5, 0.6) is 0 Å². The first-order chi connectivity index (χ1) is 72.3. The number of nitrogens with two attached hydrogens (primary N) is 2. The number of hydrogen-bond donors (Lipinski definition) is 8. The summed E-state index contributed by atoms with van der Waals surface area (Å²) in [6.45, 7) is 0.389. The number of aromatic nitrogens is 2. The van der Waals surface area contributed by atoms with Crippen LogP contribution in [0, 0.1) is 0 Å². The molecule has 7 aliphatic rings. The van der Waals surface area contributed by atoms with E-state index in [0.29, 0.717) is 16.8 Å². The summed E-state index contributed by atoms with van der Waals surface area (Å²) >= 11 is 14.4. The minimum absolute atomic E-state index is 0.0457. The van der Waals surface area contributed by atoms with Crippen LogP contribution >= 0.6 is 63.7 Å². The van der Waals surface area contributed by atoms with E-state index in [1.54, 1.807) is 24.3 Å². The zero-order chi connectivity index (χ0) is 99.8. The van der Waals surface area contributed by atoms with Crippen LogP contribution in [0.25, 0.3) is 100 Å². The van der Waals surface area contributed by atoms with Gasteiger partial charge in [0, 0.05) is 81.0 Å². The average Bonchev–Trinajstić information content (AvgIpc) is 1.56. The van der Waals surface area contributed by atoms with Gasteiger partial charge in [-0.3, -0.25) is 0 Å². The van der Waals surface area contributed by atoms with Gasteiger partial charge in [0.15, 0.2) is 0 Å². The third-order valence-corrected chi connectivity index (χ3v) is 29.5. The van der Waals surface area contributed by atoms with Crippen LogP contribution in [0.15, 0.2) is 522 Å². The van der Waals surface area contributed by atoms with Crippen LogP contribution < -0.4 is 78.9 Å². The molecule has 23 heteroatoms. The van der Waals surface area contributed by atoms with Gasteiger partial charge in [0.2, 0.25) is 0 Å². The number of anilines is 14. The quantitative estimate of drug-likeness (QED) is 0.0389. The number of pyridine rings is 2. The Labute approximate surface area is 891 Å². The van der Waals surface area contributed by atoms with Crippen LogP contribution in [0.2, 0.25) is 0 Å².